The zero-order valence-electron chi connectivity index (χ0n) is 8.35. The van der Waals surface area contributed by atoms with Crippen molar-refractivity contribution in [2.75, 3.05) is 13.2 Å². The van der Waals surface area contributed by atoms with Crippen molar-refractivity contribution in [2.24, 2.45) is 0 Å². The average molecular weight is 207 g/mol. The molecule has 2 rings (SSSR count). The van der Waals surface area contributed by atoms with E-state index in [4.69, 9.17) is 4.74 Å². The maximum atomic E-state index is 11.5. The summed E-state index contributed by atoms with van der Waals surface area (Å²) in [6, 6.07) is 1.59. The Morgan fingerprint density at radius 3 is 3.27 bits per heavy atom. The molecule has 1 aliphatic rings. The lowest BCUT2D eigenvalue weighted by Crippen LogP contribution is -2.32. The van der Waals surface area contributed by atoms with Crippen LogP contribution in [0.5, 0.6) is 0 Å². The molecular weight excluding hydrogens is 194 g/mol. The van der Waals surface area contributed by atoms with Gasteiger partial charge in [-0.3, -0.25) is 4.79 Å². The lowest BCUT2D eigenvalue weighted by molar-refractivity contribution is 0.0853. The van der Waals surface area contributed by atoms with Gasteiger partial charge in [0.25, 0.3) is 5.91 Å². The van der Waals surface area contributed by atoms with Gasteiger partial charge in [-0.2, -0.15) is 0 Å². The van der Waals surface area contributed by atoms with Gasteiger partial charge in [0.15, 0.2) is 0 Å². The van der Waals surface area contributed by atoms with Gasteiger partial charge < -0.3 is 10.1 Å². The van der Waals surface area contributed by atoms with Crippen molar-refractivity contribution in [3.63, 3.8) is 0 Å². The summed E-state index contributed by atoms with van der Waals surface area (Å²) < 4.78 is 5.39. The SMILES string of the molecule is O=C(NCC1CCCO1)c1ccncn1. The molecule has 0 spiro atoms. The van der Waals surface area contributed by atoms with Crippen LogP contribution in [0.4, 0.5) is 0 Å². The number of rotatable bonds is 3. The zero-order chi connectivity index (χ0) is 10.5. The normalized spacial score (nSPS) is 20.1. The number of ether oxygens (including phenoxy) is 1. The highest BCUT2D eigenvalue weighted by Gasteiger charge is 2.16. The molecule has 1 fully saturated rings. The highest BCUT2D eigenvalue weighted by atomic mass is 16.5. The molecule has 1 aliphatic heterocycles. The number of aromatic nitrogens is 2. The average Bonchev–Trinajstić information content (AvgIpc) is 2.80. The number of nitrogens with zero attached hydrogens (tertiary/aromatic N) is 2. The van der Waals surface area contributed by atoms with Crippen LogP contribution in [0.15, 0.2) is 18.6 Å². The highest BCUT2D eigenvalue weighted by Crippen LogP contribution is 2.10. The first-order valence-electron chi connectivity index (χ1n) is 5.02. The van der Waals surface area contributed by atoms with Gasteiger partial charge in [-0.15, -0.1) is 0 Å². The van der Waals surface area contributed by atoms with Crippen molar-refractivity contribution in [3.8, 4) is 0 Å². The van der Waals surface area contributed by atoms with Gasteiger partial charge in [0.1, 0.15) is 12.0 Å². The minimum absolute atomic E-state index is 0.163. The van der Waals surface area contributed by atoms with Crippen molar-refractivity contribution < 1.29 is 9.53 Å². The number of amides is 1. The molecule has 15 heavy (non-hydrogen) atoms. The fourth-order valence-electron chi connectivity index (χ4n) is 1.53. The van der Waals surface area contributed by atoms with Crippen molar-refractivity contribution in [3.05, 3.63) is 24.3 Å². The Labute approximate surface area is 87.9 Å². The number of hydrogen-bond acceptors (Lipinski definition) is 4. The van der Waals surface area contributed by atoms with Gasteiger partial charge in [0.2, 0.25) is 0 Å². The molecule has 0 bridgehead atoms. The van der Waals surface area contributed by atoms with E-state index < -0.39 is 0 Å². The number of carbonyl (C=O) groups is 1. The van der Waals surface area contributed by atoms with E-state index >= 15 is 0 Å². The number of nitrogens with one attached hydrogen (secondary N) is 1. The summed E-state index contributed by atoms with van der Waals surface area (Å²) in [5.41, 5.74) is 0.392. The Kier molecular flexibility index (Phi) is 3.24. The van der Waals surface area contributed by atoms with Crippen LogP contribution >= 0.6 is 0 Å². The second-order valence-corrected chi connectivity index (χ2v) is 3.44. The fraction of sp³-hybridized carbons (Fsp3) is 0.500. The quantitative estimate of drug-likeness (QED) is 0.778. The summed E-state index contributed by atoms with van der Waals surface area (Å²) in [6.45, 7) is 1.36. The molecule has 5 heteroatoms. The van der Waals surface area contributed by atoms with Gasteiger partial charge in [0, 0.05) is 19.3 Å². The van der Waals surface area contributed by atoms with Gasteiger partial charge in [0.05, 0.1) is 6.10 Å². The van der Waals surface area contributed by atoms with E-state index in [1.807, 2.05) is 0 Å². The number of carbonyl (C=O) groups excluding carboxylic acids is 1. The molecule has 1 unspecified atom stereocenters. The van der Waals surface area contributed by atoms with Crippen LogP contribution in [0, 0.1) is 0 Å². The largest absolute Gasteiger partial charge is 0.376 e. The van der Waals surface area contributed by atoms with E-state index in [1.54, 1.807) is 12.3 Å². The first kappa shape index (κ1) is 10.0. The monoisotopic (exact) mass is 207 g/mol. The fourth-order valence-corrected chi connectivity index (χ4v) is 1.53. The molecule has 0 aliphatic carbocycles. The Morgan fingerprint density at radius 1 is 1.67 bits per heavy atom. The maximum absolute atomic E-state index is 11.5. The van der Waals surface area contributed by atoms with E-state index in [0.717, 1.165) is 19.4 Å². The molecule has 1 aromatic heterocycles. The van der Waals surface area contributed by atoms with Gasteiger partial charge in [-0.25, -0.2) is 9.97 Å². The van der Waals surface area contributed by atoms with Crippen molar-refractivity contribution in [1.29, 1.82) is 0 Å². The maximum Gasteiger partial charge on any atom is 0.270 e. The summed E-state index contributed by atoms with van der Waals surface area (Å²) in [4.78, 5) is 19.2. The zero-order valence-corrected chi connectivity index (χ0v) is 8.35. The molecule has 2 heterocycles. The van der Waals surface area contributed by atoms with Crippen LogP contribution in [0.25, 0.3) is 0 Å². The Balaban J connectivity index is 1.82. The van der Waals surface area contributed by atoms with E-state index in [0.29, 0.717) is 12.2 Å². The third-order valence-electron chi connectivity index (χ3n) is 2.33. The molecule has 1 saturated heterocycles. The summed E-state index contributed by atoms with van der Waals surface area (Å²) in [7, 11) is 0. The standard InChI is InChI=1S/C10H13N3O2/c14-10(9-3-4-11-7-13-9)12-6-8-2-1-5-15-8/h3-4,7-8H,1-2,5-6H2,(H,12,14). The van der Waals surface area contributed by atoms with Crippen LogP contribution in [0.2, 0.25) is 0 Å². The van der Waals surface area contributed by atoms with E-state index in [9.17, 15) is 4.79 Å². The second kappa shape index (κ2) is 4.84. The molecule has 1 atom stereocenters. The minimum Gasteiger partial charge on any atom is -0.376 e. The highest BCUT2D eigenvalue weighted by molar-refractivity contribution is 5.92. The molecule has 1 amide bonds. The van der Waals surface area contributed by atoms with Crippen molar-refractivity contribution in [2.45, 2.75) is 18.9 Å². The Bertz CT molecular complexity index is 323. The number of hydrogen-bond donors (Lipinski definition) is 1. The Morgan fingerprint density at radius 2 is 2.60 bits per heavy atom. The van der Waals surface area contributed by atoms with E-state index in [2.05, 4.69) is 15.3 Å². The predicted octanol–water partition coefficient (Wildman–Crippen LogP) is 0.385. The van der Waals surface area contributed by atoms with E-state index in [1.165, 1.54) is 6.33 Å². The van der Waals surface area contributed by atoms with Crippen LogP contribution < -0.4 is 5.32 Å². The van der Waals surface area contributed by atoms with Gasteiger partial charge >= 0.3 is 0 Å². The van der Waals surface area contributed by atoms with E-state index in [-0.39, 0.29) is 12.0 Å². The third-order valence-corrected chi connectivity index (χ3v) is 2.33. The van der Waals surface area contributed by atoms with Crippen LogP contribution in [0.3, 0.4) is 0 Å². The first-order valence-corrected chi connectivity index (χ1v) is 5.02. The van der Waals surface area contributed by atoms with Gasteiger partial charge in [-0.1, -0.05) is 0 Å². The molecule has 1 aromatic rings. The topological polar surface area (TPSA) is 64.1 Å². The lowest BCUT2D eigenvalue weighted by Gasteiger charge is -2.09. The summed E-state index contributed by atoms with van der Waals surface area (Å²) in [5, 5.41) is 2.79. The molecule has 0 radical (unpaired) electrons. The van der Waals surface area contributed by atoms with Gasteiger partial charge in [-0.05, 0) is 18.9 Å². The van der Waals surface area contributed by atoms with Crippen LogP contribution in [-0.2, 0) is 4.74 Å². The second-order valence-electron chi connectivity index (χ2n) is 3.44. The summed E-state index contributed by atoms with van der Waals surface area (Å²) in [6.07, 6.45) is 5.17. The molecule has 80 valence electrons. The van der Waals surface area contributed by atoms with Crippen LogP contribution in [0.1, 0.15) is 23.3 Å². The molecule has 0 saturated carbocycles. The summed E-state index contributed by atoms with van der Waals surface area (Å²) >= 11 is 0. The Hall–Kier alpha value is -1.49. The third kappa shape index (κ3) is 2.73. The summed E-state index contributed by atoms with van der Waals surface area (Å²) in [5.74, 6) is -0.173. The smallest absolute Gasteiger partial charge is 0.270 e. The molecular formula is C10H13N3O2. The van der Waals surface area contributed by atoms with Crippen molar-refractivity contribution >= 4 is 5.91 Å². The first-order chi connectivity index (χ1) is 7.36. The molecule has 1 N–H and O–H groups in total. The molecule has 5 nitrogen and oxygen atoms in total. The predicted molar refractivity (Wildman–Crippen MR) is 53.3 cm³/mol. The van der Waals surface area contributed by atoms with Crippen molar-refractivity contribution in [1.82, 2.24) is 15.3 Å². The van der Waals surface area contributed by atoms with Crippen LogP contribution in [-0.4, -0.2) is 35.1 Å². The lowest BCUT2D eigenvalue weighted by atomic mass is 10.2. The minimum atomic E-state index is -0.173. The molecule has 0 aromatic carbocycles.